The summed E-state index contributed by atoms with van der Waals surface area (Å²) in [5.74, 6) is -0.746. The Labute approximate surface area is 211 Å². The van der Waals surface area contributed by atoms with E-state index in [1.165, 1.54) is 17.8 Å². The van der Waals surface area contributed by atoms with Gasteiger partial charge in [-0.3, -0.25) is 14.4 Å². The van der Waals surface area contributed by atoms with Crippen molar-refractivity contribution in [3.8, 4) is 0 Å². The molecule has 1 aromatic heterocycles. The Kier molecular flexibility index (Phi) is 8.93. The Morgan fingerprint density at radius 3 is 2.54 bits per heavy atom. The van der Waals surface area contributed by atoms with E-state index in [4.69, 9.17) is 4.74 Å². The lowest BCUT2D eigenvalue weighted by Gasteiger charge is -2.35. The van der Waals surface area contributed by atoms with Gasteiger partial charge in [0, 0.05) is 19.2 Å². The molecule has 188 valence electrons. The molecule has 7 nitrogen and oxygen atoms in total. The first-order valence-electron chi connectivity index (χ1n) is 12.6. The zero-order chi connectivity index (χ0) is 24.6. The predicted molar refractivity (Wildman–Crippen MR) is 136 cm³/mol. The Hall–Kier alpha value is -2.71. The van der Waals surface area contributed by atoms with Gasteiger partial charge >= 0.3 is 0 Å². The Bertz CT molecular complexity index is 998. The Morgan fingerprint density at radius 1 is 1.06 bits per heavy atom. The number of amides is 3. The third kappa shape index (κ3) is 6.70. The molecule has 2 atom stereocenters. The summed E-state index contributed by atoms with van der Waals surface area (Å²) in [6.45, 7) is 2.75. The first-order chi connectivity index (χ1) is 17.0. The minimum absolute atomic E-state index is 0.124. The first kappa shape index (κ1) is 25.4. The number of nitrogens with zero attached hydrogens (tertiary/aromatic N) is 1. The van der Waals surface area contributed by atoms with Gasteiger partial charge in [-0.1, -0.05) is 49.6 Å². The topological polar surface area (TPSA) is 87.7 Å². The van der Waals surface area contributed by atoms with E-state index in [2.05, 4.69) is 10.6 Å². The summed E-state index contributed by atoms with van der Waals surface area (Å²) in [4.78, 5) is 42.0. The smallest absolute Gasteiger partial charge is 0.261 e. The van der Waals surface area contributed by atoms with Gasteiger partial charge in [-0.25, -0.2) is 0 Å². The van der Waals surface area contributed by atoms with E-state index >= 15 is 0 Å². The van der Waals surface area contributed by atoms with E-state index < -0.39 is 6.04 Å². The van der Waals surface area contributed by atoms with Crippen molar-refractivity contribution in [2.45, 2.75) is 70.1 Å². The fourth-order valence-electron chi connectivity index (χ4n) is 4.98. The lowest BCUT2D eigenvalue weighted by atomic mass is 9.94. The minimum atomic E-state index is -0.784. The van der Waals surface area contributed by atoms with E-state index in [1.54, 1.807) is 17.0 Å². The number of ether oxygens (including phenoxy) is 1. The van der Waals surface area contributed by atoms with Gasteiger partial charge in [0.15, 0.2) is 0 Å². The first-order valence-corrected chi connectivity index (χ1v) is 13.5. The number of carbonyl (C=O) groups is 3. The second kappa shape index (κ2) is 12.3. The summed E-state index contributed by atoms with van der Waals surface area (Å²) >= 11 is 1.33. The molecule has 0 radical (unpaired) electrons. The maximum atomic E-state index is 13.8. The van der Waals surface area contributed by atoms with Gasteiger partial charge in [-0.15, -0.1) is 11.3 Å². The molecule has 1 saturated carbocycles. The van der Waals surface area contributed by atoms with E-state index in [0.29, 0.717) is 18.0 Å². The van der Waals surface area contributed by atoms with Crippen molar-refractivity contribution in [2.75, 3.05) is 19.7 Å². The van der Waals surface area contributed by atoms with Crippen LogP contribution in [0, 0.1) is 6.92 Å². The summed E-state index contributed by atoms with van der Waals surface area (Å²) in [7, 11) is 0. The maximum absolute atomic E-state index is 13.8. The van der Waals surface area contributed by atoms with Crippen molar-refractivity contribution in [3.05, 3.63) is 57.8 Å². The standard InChI is InChI=1S/C27H35N3O4S/c1-19-9-5-6-13-22(19)25(27(33)29-20-10-3-2-4-11-20)30(18-21-12-7-15-34-21)24(31)17-28-26(32)23-14-8-16-35-23/h5-6,8-9,13-14,16,20-21,25H,2-4,7,10-12,15,17-18H2,1H3,(H,28,32)(H,29,33)/t21-,25-/m0/s1. The van der Waals surface area contributed by atoms with Crippen LogP contribution in [-0.2, 0) is 14.3 Å². The third-order valence-electron chi connectivity index (χ3n) is 6.88. The van der Waals surface area contributed by atoms with Crippen LogP contribution in [0.15, 0.2) is 41.8 Å². The van der Waals surface area contributed by atoms with Crippen LogP contribution in [0.25, 0.3) is 0 Å². The summed E-state index contributed by atoms with van der Waals surface area (Å²) in [5.41, 5.74) is 1.75. The highest BCUT2D eigenvalue weighted by molar-refractivity contribution is 7.12. The van der Waals surface area contributed by atoms with E-state index in [-0.39, 0.29) is 36.4 Å². The number of hydrogen-bond donors (Lipinski definition) is 2. The summed E-state index contributed by atoms with van der Waals surface area (Å²) in [5, 5.41) is 7.80. The van der Waals surface area contributed by atoms with Crippen molar-refractivity contribution in [1.29, 1.82) is 0 Å². The SMILES string of the molecule is Cc1ccccc1[C@@H](C(=O)NC1CCCCC1)N(C[C@@H]1CCCO1)C(=O)CNC(=O)c1cccs1. The quantitative estimate of drug-likeness (QED) is 0.549. The second-order valence-corrected chi connectivity index (χ2v) is 10.4. The molecule has 0 unspecified atom stereocenters. The highest BCUT2D eigenvalue weighted by Gasteiger charge is 2.36. The molecule has 0 spiro atoms. The molecule has 3 amide bonds. The van der Waals surface area contributed by atoms with Crippen molar-refractivity contribution >= 4 is 29.1 Å². The fourth-order valence-corrected chi connectivity index (χ4v) is 5.62. The number of hydrogen-bond acceptors (Lipinski definition) is 5. The van der Waals surface area contributed by atoms with Gasteiger partial charge in [0.05, 0.1) is 17.5 Å². The lowest BCUT2D eigenvalue weighted by Crippen LogP contribution is -2.51. The largest absolute Gasteiger partial charge is 0.376 e. The number of nitrogens with one attached hydrogen (secondary N) is 2. The van der Waals surface area contributed by atoms with Gasteiger partial charge < -0.3 is 20.3 Å². The van der Waals surface area contributed by atoms with Crippen molar-refractivity contribution in [1.82, 2.24) is 15.5 Å². The molecule has 2 N–H and O–H groups in total. The van der Waals surface area contributed by atoms with Crippen LogP contribution in [0.2, 0.25) is 0 Å². The van der Waals surface area contributed by atoms with Crippen molar-refractivity contribution in [2.24, 2.45) is 0 Å². The Morgan fingerprint density at radius 2 is 1.86 bits per heavy atom. The van der Waals surface area contributed by atoms with Crippen LogP contribution in [-0.4, -0.2) is 54.5 Å². The Balaban J connectivity index is 1.59. The second-order valence-electron chi connectivity index (χ2n) is 9.44. The van der Waals surface area contributed by atoms with E-state index in [9.17, 15) is 14.4 Å². The molecule has 0 bridgehead atoms. The van der Waals surface area contributed by atoms with Crippen LogP contribution >= 0.6 is 11.3 Å². The molecule has 1 aliphatic carbocycles. The van der Waals surface area contributed by atoms with Crippen LogP contribution in [0.1, 0.15) is 71.8 Å². The molecule has 2 aliphatic rings. The average Bonchev–Trinajstić information content (AvgIpc) is 3.58. The van der Waals surface area contributed by atoms with Crippen molar-refractivity contribution < 1.29 is 19.1 Å². The molecule has 2 aromatic rings. The molecule has 2 fully saturated rings. The molecule has 35 heavy (non-hydrogen) atoms. The molecule has 8 heteroatoms. The lowest BCUT2D eigenvalue weighted by molar-refractivity contribution is -0.142. The molecular formula is C27H35N3O4S. The third-order valence-corrected chi connectivity index (χ3v) is 7.75. The maximum Gasteiger partial charge on any atom is 0.261 e. The van der Waals surface area contributed by atoms with E-state index in [1.807, 2.05) is 36.6 Å². The van der Waals surface area contributed by atoms with Crippen LogP contribution in [0.3, 0.4) is 0 Å². The van der Waals surface area contributed by atoms with Crippen LogP contribution < -0.4 is 10.6 Å². The molecule has 1 aromatic carbocycles. The zero-order valence-electron chi connectivity index (χ0n) is 20.3. The monoisotopic (exact) mass is 497 g/mol. The number of carbonyl (C=O) groups excluding carboxylic acids is 3. The average molecular weight is 498 g/mol. The van der Waals surface area contributed by atoms with Gasteiger partial charge in [-0.05, 0) is 55.2 Å². The normalized spacial score (nSPS) is 19.2. The highest BCUT2D eigenvalue weighted by Crippen LogP contribution is 2.28. The number of rotatable bonds is 9. The molecule has 1 aliphatic heterocycles. The number of thiophene rings is 1. The molecular weight excluding hydrogens is 462 g/mol. The van der Waals surface area contributed by atoms with Crippen LogP contribution in [0.5, 0.6) is 0 Å². The van der Waals surface area contributed by atoms with Gasteiger partial charge in [-0.2, -0.15) is 0 Å². The van der Waals surface area contributed by atoms with Gasteiger partial charge in [0.25, 0.3) is 5.91 Å². The van der Waals surface area contributed by atoms with Gasteiger partial charge in [0.2, 0.25) is 11.8 Å². The number of aryl methyl sites for hydroxylation is 1. The van der Waals surface area contributed by atoms with Crippen LogP contribution in [0.4, 0.5) is 0 Å². The number of benzene rings is 1. The highest BCUT2D eigenvalue weighted by atomic mass is 32.1. The zero-order valence-corrected chi connectivity index (χ0v) is 21.1. The van der Waals surface area contributed by atoms with Crippen molar-refractivity contribution in [3.63, 3.8) is 0 Å². The summed E-state index contributed by atoms with van der Waals surface area (Å²) < 4.78 is 5.85. The van der Waals surface area contributed by atoms with E-state index in [0.717, 1.165) is 49.7 Å². The molecule has 1 saturated heterocycles. The van der Waals surface area contributed by atoms with Gasteiger partial charge in [0.1, 0.15) is 6.04 Å². The summed E-state index contributed by atoms with van der Waals surface area (Å²) in [6.07, 6.45) is 6.98. The predicted octanol–water partition coefficient (Wildman–Crippen LogP) is 3.98. The molecule has 4 rings (SSSR count). The fraction of sp³-hybridized carbons (Fsp3) is 0.519. The molecule has 2 heterocycles. The minimum Gasteiger partial charge on any atom is -0.376 e. The summed E-state index contributed by atoms with van der Waals surface area (Å²) in [6, 6.07) is 10.6.